The van der Waals surface area contributed by atoms with Crippen LogP contribution in [0.1, 0.15) is 24.1 Å². The molecule has 3 nitrogen and oxygen atoms in total. The summed E-state index contributed by atoms with van der Waals surface area (Å²) in [6.07, 6.45) is -0.393. The van der Waals surface area contributed by atoms with Crippen LogP contribution in [0.5, 0.6) is 0 Å². The van der Waals surface area contributed by atoms with Gasteiger partial charge < -0.3 is 10.8 Å². The van der Waals surface area contributed by atoms with Crippen molar-refractivity contribution in [2.24, 2.45) is 5.73 Å². The summed E-state index contributed by atoms with van der Waals surface area (Å²) in [6.45, 7) is 3.50. The molecule has 0 spiro atoms. The van der Waals surface area contributed by atoms with Gasteiger partial charge in [-0.15, -0.1) is 0 Å². The van der Waals surface area contributed by atoms with Crippen LogP contribution < -0.4 is 5.73 Å². The molecule has 1 aliphatic heterocycles. The van der Waals surface area contributed by atoms with Gasteiger partial charge >= 0.3 is 0 Å². The molecule has 0 aliphatic carbocycles. The monoisotopic (exact) mass is 274 g/mol. The predicted molar refractivity (Wildman–Crippen MR) is 70.3 cm³/mol. The summed E-state index contributed by atoms with van der Waals surface area (Å²) in [7, 11) is 0. The van der Waals surface area contributed by atoms with Crippen molar-refractivity contribution in [1.29, 1.82) is 0 Å². The lowest BCUT2D eigenvalue weighted by atomic mass is 10.0. The molecular formula is C12H16Cl2N2O. The van der Waals surface area contributed by atoms with Gasteiger partial charge in [-0.3, -0.25) is 4.90 Å². The quantitative estimate of drug-likeness (QED) is 0.889. The van der Waals surface area contributed by atoms with Crippen molar-refractivity contribution in [3.63, 3.8) is 0 Å². The van der Waals surface area contributed by atoms with E-state index in [4.69, 9.17) is 28.9 Å². The van der Waals surface area contributed by atoms with Crippen molar-refractivity contribution in [3.05, 3.63) is 33.3 Å². The second kappa shape index (κ2) is 5.12. The minimum Gasteiger partial charge on any atom is -0.392 e. The third-order valence-electron chi connectivity index (χ3n) is 3.10. The minimum absolute atomic E-state index is 0.0470. The second-order valence-electron chi connectivity index (χ2n) is 4.45. The van der Waals surface area contributed by atoms with E-state index in [9.17, 15) is 5.11 Å². The average molecular weight is 275 g/mol. The van der Waals surface area contributed by atoms with Gasteiger partial charge in [0.15, 0.2) is 0 Å². The minimum atomic E-state index is -0.393. The number of rotatable bonds is 3. The topological polar surface area (TPSA) is 49.5 Å². The zero-order valence-corrected chi connectivity index (χ0v) is 11.2. The Labute approximate surface area is 111 Å². The van der Waals surface area contributed by atoms with Crippen LogP contribution in [0.2, 0.25) is 10.0 Å². The number of aliphatic hydroxyl groups is 1. The van der Waals surface area contributed by atoms with E-state index in [0.29, 0.717) is 24.7 Å². The van der Waals surface area contributed by atoms with Gasteiger partial charge in [0, 0.05) is 35.7 Å². The molecule has 1 aromatic carbocycles. The molecule has 5 heteroatoms. The number of halogens is 2. The first-order valence-electron chi connectivity index (χ1n) is 5.63. The predicted octanol–water partition coefficient (Wildman–Crippen LogP) is 2.19. The van der Waals surface area contributed by atoms with E-state index < -0.39 is 6.10 Å². The summed E-state index contributed by atoms with van der Waals surface area (Å²) >= 11 is 12.4. The first-order valence-corrected chi connectivity index (χ1v) is 6.39. The van der Waals surface area contributed by atoms with Crippen molar-refractivity contribution in [2.75, 3.05) is 13.1 Å². The highest BCUT2D eigenvalue weighted by molar-refractivity contribution is 6.34. The summed E-state index contributed by atoms with van der Waals surface area (Å²) in [5, 5.41) is 10.9. The summed E-state index contributed by atoms with van der Waals surface area (Å²) in [4.78, 5) is 2.12. The Hall–Kier alpha value is -0.320. The zero-order valence-electron chi connectivity index (χ0n) is 9.66. The van der Waals surface area contributed by atoms with E-state index in [-0.39, 0.29) is 6.04 Å². The van der Waals surface area contributed by atoms with E-state index in [1.807, 2.05) is 6.07 Å². The molecule has 2 rings (SSSR count). The lowest BCUT2D eigenvalue weighted by Crippen LogP contribution is -2.33. The Bertz CT molecular complexity index is 423. The van der Waals surface area contributed by atoms with E-state index >= 15 is 0 Å². The molecule has 1 aromatic rings. The smallest absolute Gasteiger partial charge is 0.0639 e. The first-order chi connectivity index (χ1) is 8.04. The van der Waals surface area contributed by atoms with Crippen LogP contribution in [-0.2, 0) is 6.54 Å². The van der Waals surface area contributed by atoms with Crippen molar-refractivity contribution in [3.8, 4) is 0 Å². The normalized spacial score (nSPS) is 21.6. The maximum absolute atomic E-state index is 9.50. The zero-order chi connectivity index (χ0) is 12.6. The maximum Gasteiger partial charge on any atom is 0.0639 e. The summed E-state index contributed by atoms with van der Waals surface area (Å²) in [5.41, 5.74) is 7.86. The van der Waals surface area contributed by atoms with Gasteiger partial charge in [-0.05, 0) is 30.2 Å². The molecule has 17 heavy (non-hydrogen) atoms. The lowest BCUT2D eigenvalue weighted by molar-refractivity contribution is 0.106. The fourth-order valence-electron chi connectivity index (χ4n) is 2.42. The van der Waals surface area contributed by atoms with Crippen LogP contribution in [0.4, 0.5) is 0 Å². The van der Waals surface area contributed by atoms with Crippen LogP contribution in [-0.4, -0.2) is 29.2 Å². The molecule has 3 N–H and O–H groups in total. The van der Waals surface area contributed by atoms with Crippen LogP contribution in [0.15, 0.2) is 12.1 Å². The van der Waals surface area contributed by atoms with Crippen molar-refractivity contribution >= 4 is 23.2 Å². The largest absolute Gasteiger partial charge is 0.392 e. The number of β-amino-alcohol motifs (C(OH)–C–C–N with tert-alkyl or cyclic N) is 1. The molecule has 94 valence electrons. The molecule has 0 aromatic heterocycles. The van der Waals surface area contributed by atoms with Gasteiger partial charge in [0.05, 0.1) is 6.10 Å². The number of hydrogen-bond acceptors (Lipinski definition) is 3. The molecule has 0 amide bonds. The third-order valence-corrected chi connectivity index (χ3v) is 3.79. The molecule has 0 saturated heterocycles. The van der Waals surface area contributed by atoms with Crippen LogP contribution >= 0.6 is 23.2 Å². The van der Waals surface area contributed by atoms with Gasteiger partial charge in [-0.25, -0.2) is 0 Å². The Balaban J connectivity index is 2.38. The van der Waals surface area contributed by atoms with Crippen LogP contribution in [0.3, 0.4) is 0 Å². The molecular weight excluding hydrogens is 259 g/mol. The van der Waals surface area contributed by atoms with E-state index in [1.165, 1.54) is 0 Å². The molecule has 0 radical (unpaired) electrons. The molecule has 0 bridgehead atoms. The number of aliphatic hydroxyl groups excluding tert-OH is 1. The highest BCUT2D eigenvalue weighted by Gasteiger charge is 2.33. The average Bonchev–Trinajstić information content (AvgIpc) is 2.62. The van der Waals surface area contributed by atoms with E-state index in [0.717, 1.165) is 16.1 Å². The van der Waals surface area contributed by atoms with Gasteiger partial charge in [0.25, 0.3) is 0 Å². The standard InChI is InChI=1S/C12H16Cl2N2O/c1-7(17)5-16-6-8-9(13)2-3-10(14)12(8)11(16)4-15/h2-3,7,11,17H,4-6,15H2,1H3. The maximum atomic E-state index is 9.50. The number of benzene rings is 1. The SMILES string of the molecule is CC(O)CN1Cc2c(Cl)ccc(Cl)c2C1CN. The molecule has 2 atom stereocenters. The van der Waals surface area contributed by atoms with Crippen LogP contribution in [0.25, 0.3) is 0 Å². The third kappa shape index (κ3) is 2.44. The van der Waals surface area contributed by atoms with Crippen molar-refractivity contribution < 1.29 is 5.11 Å². The Morgan fingerprint density at radius 1 is 1.47 bits per heavy atom. The van der Waals surface area contributed by atoms with E-state index in [1.54, 1.807) is 13.0 Å². The van der Waals surface area contributed by atoms with Crippen molar-refractivity contribution in [1.82, 2.24) is 4.90 Å². The summed E-state index contributed by atoms with van der Waals surface area (Å²) in [6, 6.07) is 3.66. The van der Waals surface area contributed by atoms with Gasteiger partial charge in [-0.2, -0.15) is 0 Å². The first kappa shape index (κ1) is 13.1. The molecule has 1 aliphatic rings. The molecule has 0 saturated carbocycles. The number of hydrogen-bond donors (Lipinski definition) is 2. The fraction of sp³-hybridized carbons (Fsp3) is 0.500. The Morgan fingerprint density at radius 2 is 2.12 bits per heavy atom. The van der Waals surface area contributed by atoms with Crippen molar-refractivity contribution in [2.45, 2.75) is 25.6 Å². The lowest BCUT2D eigenvalue weighted by Gasteiger charge is -2.25. The number of nitrogens with zero attached hydrogens (tertiary/aromatic N) is 1. The van der Waals surface area contributed by atoms with E-state index in [2.05, 4.69) is 4.90 Å². The highest BCUT2D eigenvalue weighted by Crippen LogP contribution is 2.41. The molecule has 1 heterocycles. The number of fused-ring (bicyclic) bond motifs is 1. The fourth-order valence-corrected chi connectivity index (χ4v) is 2.95. The Kier molecular flexibility index (Phi) is 3.95. The second-order valence-corrected chi connectivity index (χ2v) is 5.27. The van der Waals surface area contributed by atoms with Gasteiger partial charge in [-0.1, -0.05) is 23.2 Å². The Morgan fingerprint density at radius 3 is 2.71 bits per heavy atom. The van der Waals surface area contributed by atoms with Gasteiger partial charge in [0.2, 0.25) is 0 Å². The van der Waals surface area contributed by atoms with Crippen LogP contribution in [0, 0.1) is 0 Å². The summed E-state index contributed by atoms with van der Waals surface area (Å²) < 4.78 is 0. The molecule has 0 fully saturated rings. The summed E-state index contributed by atoms with van der Waals surface area (Å²) in [5.74, 6) is 0. The number of nitrogens with two attached hydrogens (primary N) is 1. The molecule has 2 unspecified atom stereocenters. The highest BCUT2D eigenvalue weighted by atomic mass is 35.5. The van der Waals surface area contributed by atoms with Gasteiger partial charge in [0.1, 0.15) is 0 Å².